The van der Waals surface area contributed by atoms with Gasteiger partial charge in [-0.25, -0.2) is 15.0 Å². The van der Waals surface area contributed by atoms with Crippen LogP contribution in [0, 0.1) is 0 Å². The summed E-state index contributed by atoms with van der Waals surface area (Å²) in [6, 6.07) is 24.2. The number of aromatic nitrogens is 3. The van der Waals surface area contributed by atoms with Crippen molar-refractivity contribution in [3.63, 3.8) is 0 Å². The van der Waals surface area contributed by atoms with Crippen molar-refractivity contribution in [3.05, 3.63) is 94.7 Å². The van der Waals surface area contributed by atoms with Crippen LogP contribution in [0.2, 0.25) is 0 Å². The largest absolute Gasteiger partial charge is 0.427 e. The van der Waals surface area contributed by atoms with Gasteiger partial charge in [-0.2, -0.15) is 0 Å². The molecular formula is C34H31BN3O2S. The van der Waals surface area contributed by atoms with Gasteiger partial charge < -0.3 is 9.76 Å². The van der Waals surface area contributed by atoms with Crippen molar-refractivity contribution in [2.75, 3.05) is 0 Å². The lowest BCUT2D eigenvalue weighted by molar-refractivity contribution is -0.0893. The first-order chi connectivity index (χ1) is 19.7. The predicted molar refractivity (Wildman–Crippen MR) is 170 cm³/mol. The van der Waals surface area contributed by atoms with Gasteiger partial charge in [0, 0.05) is 31.3 Å². The van der Waals surface area contributed by atoms with E-state index in [2.05, 4.69) is 36.4 Å². The molecule has 2 heterocycles. The first-order valence-corrected chi connectivity index (χ1v) is 14.6. The summed E-state index contributed by atoms with van der Waals surface area (Å²) >= 11 is 1.75. The van der Waals surface area contributed by atoms with E-state index in [1.165, 1.54) is 9.75 Å². The summed E-state index contributed by atoms with van der Waals surface area (Å²) in [5.41, 5.74) is 1.80. The molecule has 0 saturated heterocycles. The van der Waals surface area contributed by atoms with E-state index in [9.17, 15) is 5.11 Å². The van der Waals surface area contributed by atoms with E-state index < -0.39 is 11.2 Å². The van der Waals surface area contributed by atoms with Crippen LogP contribution in [-0.2, 0) is 4.65 Å². The summed E-state index contributed by atoms with van der Waals surface area (Å²) in [7, 11) is 1.73. The maximum atomic E-state index is 10.7. The number of hydrogen-bond donors (Lipinski definition) is 1. The Morgan fingerprint density at radius 3 is 2.05 bits per heavy atom. The van der Waals surface area contributed by atoms with E-state index in [1.807, 2.05) is 74.5 Å². The van der Waals surface area contributed by atoms with Crippen LogP contribution in [0.5, 0.6) is 0 Å². The molecule has 5 aromatic rings. The third-order valence-corrected chi connectivity index (χ3v) is 8.87. The minimum Gasteiger partial charge on any atom is -0.427 e. The Kier molecular flexibility index (Phi) is 7.20. The Bertz CT molecular complexity index is 1820. The first-order valence-electron chi connectivity index (χ1n) is 13.7. The molecule has 2 aromatic heterocycles. The fraction of sp³-hybridized carbons (Fsp3) is 0.206. The number of aliphatic hydroxyl groups is 1. The number of rotatable bonds is 7. The van der Waals surface area contributed by atoms with Crippen molar-refractivity contribution in [2.24, 2.45) is 0 Å². The summed E-state index contributed by atoms with van der Waals surface area (Å²) in [6.45, 7) is 7.29. The van der Waals surface area contributed by atoms with Crippen molar-refractivity contribution in [1.29, 1.82) is 0 Å². The van der Waals surface area contributed by atoms with Crippen molar-refractivity contribution < 1.29 is 9.76 Å². The van der Waals surface area contributed by atoms with Crippen molar-refractivity contribution in [1.82, 2.24) is 15.0 Å². The maximum absolute atomic E-state index is 10.7. The third-order valence-electron chi connectivity index (χ3n) is 7.62. The van der Waals surface area contributed by atoms with E-state index in [-0.39, 0.29) is 0 Å². The fourth-order valence-electron chi connectivity index (χ4n) is 4.52. The molecule has 0 saturated carbocycles. The zero-order chi connectivity index (χ0) is 28.6. The lowest BCUT2D eigenvalue weighted by atomic mass is 9.81. The van der Waals surface area contributed by atoms with Gasteiger partial charge >= 0.3 is 7.48 Å². The summed E-state index contributed by atoms with van der Waals surface area (Å²) in [6.07, 6.45) is 9.59. The van der Waals surface area contributed by atoms with Gasteiger partial charge in [0.15, 0.2) is 17.5 Å². The van der Waals surface area contributed by atoms with Crippen molar-refractivity contribution >= 4 is 46.5 Å². The van der Waals surface area contributed by atoms with E-state index in [0.29, 0.717) is 17.5 Å². The van der Waals surface area contributed by atoms with Crippen LogP contribution in [0.1, 0.15) is 34.1 Å². The van der Waals surface area contributed by atoms with Gasteiger partial charge in [0.25, 0.3) is 0 Å². The summed E-state index contributed by atoms with van der Waals surface area (Å²) in [4.78, 5) is 14.9. The molecule has 0 spiro atoms. The molecule has 0 atom stereocenters. The number of fused-ring (bicyclic) bond motifs is 3. The molecule has 1 aliphatic carbocycles. The van der Waals surface area contributed by atoms with Gasteiger partial charge in [-0.1, -0.05) is 103 Å². The summed E-state index contributed by atoms with van der Waals surface area (Å²) < 4.78 is 8.53. The number of allylic oxidation sites excluding steroid dienone is 2. The van der Waals surface area contributed by atoms with Crippen LogP contribution < -0.4 is 15.2 Å². The smallest absolute Gasteiger partial charge is 0.330 e. The number of hydrogen-bond acceptors (Lipinski definition) is 6. The van der Waals surface area contributed by atoms with Gasteiger partial charge in [0.2, 0.25) is 0 Å². The van der Waals surface area contributed by atoms with Crippen LogP contribution in [0.15, 0.2) is 84.9 Å². The number of benzene rings is 3. The molecule has 0 bridgehead atoms. The van der Waals surface area contributed by atoms with Crippen LogP contribution in [-0.4, -0.2) is 38.7 Å². The van der Waals surface area contributed by atoms with Crippen LogP contribution in [0.4, 0.5) is 0 Å². The molecule has 0 amide bonds. The maximum Gasteiger partial charge on any atom is 0.330 e. The highest BCUT2D eigenvalue weighted by atomic mass is 32.1. The van der Waals surface area contributed by atoms with Crippen LogP contribution >= 0.6 is 11.3 Å². The lowest BCUT2D eigenvalue weighted by Crippen LogP contribution is -2.49. The molecular weight excluding hydrogens is 525 g/mol. The van der Waals surface area contributed by atoms with Crippen molar-refractivity contribution in [3.8, 4) is 34.2 Å². The molecule has 6 rings (SSSR count). The van der Waals surface area contributed by atoms with Crippen LogP contribution in [0.25, 0.3) is 56.4 Å². The second-order valence-electron chi connectivity index (χ2n) is 11.2. The average molecular weight is 557 g/mol. The second-order valence-corrected chi connectivity index (χ2v) is 12.3. The molecule has 0 fully saturated rings. The van der Waals surface area contributed by atoms with Gasteiger partial charge in [-0.15, -0.1) is 11.3 Å². The van der Waals surface area contributed by atoms with Gasteiger partial charge in [0.1, 0.15) is 0 Å². The van der Waals surface area contributed by atoms with E-state index in [0.717, 1.165) is 38.7 Å². The molecule has 203 valence electrons. The Morgan fingerprint density at radius 1 is 0.829 bits per heavy atom. The quantitative estimate of drug-likeness (QED) is 0.271. The first kappa shape index (κ1) is 27.3. The number of nitrogens with zero attached hydrogens (tertiary/aromatic N) is 3. The van der Waals surface area contributed by atoms with Gasteiger partial charge in [0.05, 0.1) is 11.2 Å². The number of thiophene rings is 1. The Balaban J connectivity index is 1.59. The highest BCUT2D eigenvalue weighted by molar-refractivity contribution is 7.17. The molecule has 3 aromatic carbocycles. The molecule has 0 unspecified atom stereocenters. The average Bonchev–Trinajstić information content (AvgIpc) is 3.15. The second kappa shape index (κ2) is 10.8. The zero-order valence-electron chi connectivity index (χ0n) is 23.6. The monoisotopic (exact) mass is 556 g/mol. The predicted octanol–water partition coefficient (Wildman–Crippen LogP) is 5.42. The highest BCUT2D eigenvalue weighted by Crippen LogP contribution is 2.30. The minimum atomic E-state index is -1.03. The molecule has 1 aliphatic rings. The highest BCUT2D eigenvalue weighted by Gasteiger charge is 2.35. The molecule has 1 radical (unpaired) electrons. The van der Waals surface area contributed by atoms with Gasteiger partial charge in [-0.3, -0.25) is 0 Å². The lowest BCUT2D eigenvalue weighted by Gasteiger charge is -2.37. The van der Waals surface area contributed by atoms with E-state index >= 15 is 0 Å². The molecule has 1 N–H and O–H groups in total. The summed E-state index contributed by atoms with van der Waals surface area (Å²) in [5, 5.41) is 13.0. The third kappa shape index (κ3) is 5.53. The standard InChI is InChI=1S/C34H31BN3O2S/c1-33(2,39)34(3,4)40-35-24-20-26-25-18-12-7-13-19-28(25)41-29(26)27(21-24)32-37-30(22-14-8-5-9-15-22)36-31(38-32)23-16-10-6-11-17-23/h5-12,14-21,39H,13H2,1-4H3. The van der Waals surface area contributed by atoms with E-state index in [1.54, 1.807) is 32.7 Å². The van der Waals surface area contributed by atoms with E-state index in [4.69, 9.17) is 19.6 Å². The van der Waals surface area contributed by atoms with Gasteiger partial charge in [-0.05, 0) is 39.3 Å². The minimum absolute atomic E-state index is 0.603. The summed E-state index contributed by atoms with van der Waals surface area (Å²) in [5.74, 6) is 1.85. The molecule has 0 aliphatic heterocycles. The zero-order valence-corrected chi connectivity index (χ0v) is 24.4. The molecule has 41 heavy (non-hydrogen) atoms. The topological polar surface area (TPSA) is 68.1 Å². The SMILES string of the molecule is CC(C)(O)C(C)(C)O[B]c1cc(-c2nc(-c3ccccc3)nc(-c3ccccc3)n2)c2sc3c(c2c1)=CC=CCC=3. The Hall–Kier alpha value is -3.91. The normalized spacial score (nSPS) is 13.3. The van der Waals surface area contributed by atoms with Crippen molar-refractivity contribution in [2.45, 2.75) is 45.3 Å². The Morgan fingerprint density at radius 2 is 1.44 bits per heavy atom. The fourth-order valence-corrected chi connectivity index (χ4v) is 5.75. The molecule has 7 heteroatoms. The van der Waals surface area contributed by atoms with Crippen LogP contribution in [0.3, 0.4) is 0 Å². The molecule has 5 nitrogen and oxygen atoms in total. The Labute approximate surface area is 244 Å².